The van der Waals surface area contributed by atoms with Crippen LogP contribution in [0, 0.1) is 0 Å². The Morgan fingerprint density at radius 1 is 1.09 bits per heavy atom. The first kappa shape index (κ1) is 6.86. The van der Waals surface area contributed by atoms with Crippen molar-refractivity contribution < 1.29 is 5.32 Å². The molecule has 0 fully saturated rings. The monoisotopic (exact) mass is 148 g/mol. The molecule has 1 aromatic carbocycles. The van der Waals surface area contributed by atoms with Crippen LogP contribution in [0.3, 0.4) is 0 Å². The Balaban J connectivity index is 2.33. The lowest BCUT2D eigenvalue weighted by Gasteiger charge is -2.00. The van der Waals surface area contributed by atoms with Crippen LogP contribution in [0.4, 0.5) is 0 Å². The largest absolute Gasteiger partial charge is 0.342 e. The molecule has 11 heavy (non-hydrogen) atoms. The molecule has 0 bridgehead atoms. The van der Waals surface area contributed by atoms with Crippen LogP contribution < -0.4 is 5.32 Å². The Kier molecular flexibility index (Phi) is 1.91. The van der Waals surface area contributed by atoms with Crippen molar-refractivity contribution >= 4 is 0 Å². The molecule has 0 atom stereocenters. The second kappa shape index (κ2) is 3.05. The van der Waals surface area contributed by atoms with Gasteiger partial charge in [0.05, 0.1) is 6.54 Å². The molecule has 0 unspecified atom stereocenters. The summed E-state index contributed by atoms with van der Waals surface area (Å²) in [7, 11) is 0. The van der Waals surface area contributed by atoms with Gasteiger partial charge in [-0.1, -0.05) is 24.3 Å². The first-order valence-corrected chi connectivity index (χ1v) is 4.35. The van der Waals surface area contributed by atoms with E-state index in [1.54, 1.807) is 5.56 Å². The van der Waals surface area contributed by atoms with Crippen molar-refractivity contribution in [3.05, 3.63) is 35.4 Å². The van der Waals surface area contributed by atoms with Crippen LogP contribution in [-0.4, -0.2) is 6.54 Å². The van der Waals surface area contributed by atoms with Crippen LogP contribution in [0.1, 0.15) is 17.5 Å². The molecule has 1 heteroatoms. The summed E-state index contributed by atoms with van der Waals surface area (Å²) in [6, 6.07) is 8.79. The third-order valence-electron chi connectivity index (χ3n) is 2.34. The predicted molar refractivity (Wildman–Crippen MR) is 45.3 cm³/mol. The number of hydrogen-bond donors (Lipinski definition) is 1. The molecular weight excluding hydrogens is 134 g/mol. The lowest BCUT2D eigenvalue weighted by molar-refractivity contribution is -0.669. The molecule has 1 aromatic rings. The number of rotatable bonds is 0. The normalized spacial score (nSPS) is 17.1. The maximum atomic E-state index is 2.39. The summed E-state index contributed by atoms with van der Waals surface area (Å²) in [6.07, 6.45) is 2.60. The highest BCUT2D eigenvalue weighted by molar-refractivity contribution is 5.26. The molecule has 2 N–H and O–H groups in total. The molecule has 1 aliphatic heterocycles. The minimum absolute atomic E-state index is 1.18. The van der Waals surface area contributed by atoms with E-state index in [0.717, 1.165) is 0 Å². The summed E-state index contributed by atoms with van der Waals surface area (Å²) in [5.74, 6) is 0. The molecule has 58 valence electrons. The third-order valence-corrected chi connectivity index (χ3v) is 2.34. The van der Waals surface area contributed by atoms with Gasteiger partial charge in [0.25, 0.3) is 0 Å². The SMILES string of the molecule is c1ccc2c(c1)CCC[NH2+]C2. The van der Waals surface area contributed by atoms with Crippen molar-refractivity contribution in [1.29, 1.82) is 0 Å². The highest BCUT2D eigenvalue weighted by Gasteiger charge is 2.06. The fourth-order valence-corrected chi connectivity index (χ4v) is 1.69. The second-order valence-corrected chi connectivity index (χ2v) is 3.15. The fourth-order valence-electron chi connectivity index (χ4n) is 1.69. The number of nitrogens with two attached hydrogens (primary N) is 1. The summed E-state index contributed by atoms with van der Waals surface area (Å²) in [5.41, 5.74) is 3.09. The number of aryl methyl sites for hydroxylation is 1. The molecule has 0 spiro atoms. The topological polar surface area (TPSA) is 16.6 Å². The van der Waals surface area contributed by atoms with Gasteiger partial charge in [-0.2, -0.15) is 0 Å². The molecule has 1 aliphatic rings. The molecule has 1 nitrogen and oxygen atoms in total. The summed E-state index contributed by atoms with van der Waals surface area (Å²) in [5, 5.41) is 2.39. The minimum atomic E-state index is 1.18. The Bertz CT molecular complexity index is 217. The zero-order chi connectivity index (χ0) is 7.52. The molecule has 0 amide bonds. The average molecular weight is 148 g/mol. The Labute approximate surface area is 67.4 Å². The highest BCUT2D eigenvalue weighted by Crippen LogP contribution is 2.10. The maximum absolute atomic E-state index is 2.39. The lowest BCUT2D eigenvalue weighted by atomic mass is 10.0. The molecule has 2 rings (SSSR count). The van der Waals surface area contributed by atoms with E-state index in [1.165, 1.54) is 31.5 Å². The second-order valence-electron chi connectivity index (χ2n) is 3.15. The first-order chi connectivity index (χ1) is 5.47. The van der Waals surface area contributed by atoms with E-state index in [0.29, 0.717) is 0 Å². The maximum Gasteiger partial charge on any atom is 0.102 e. The molecule has 0 radical (unpaired) electrons. The van der Waals surface area contributed by atoms with Crippen molar-refractivity contribution in [1.82, 2.24) is 0 Å². The quantitative estimate of drug-likeness (QED) is 0.557. The van der Waals surface area contributed by atoms with E-state index in [1.807, 2.05) is 0 Å². The molecule has 1 heterocycles. The van der Waals surface area contributed by atoms with E-state index in [-0.39, 0.29) is 0 Å². The van der Waals surface area contributed by atoms with Gasteiger partial charge in [0.15, 0.2) is 0 Å². The van der Waals surface area contributed by atoms with Crippen molar-refractivity contribution in [2.45, 2.75) is 19.4 Å². The molecule has 0 saturated heterocycles. The van der Waals surface area contributed by atoms with Gasteiger partial charge in [-0.3, -0.25) is 0 Å². The number of hydrogen-bond acceptors (Lipinski definition) is 0. The van der Waals surface area contributed by atoms with Gasteiger partial charge in [-0.15, -0.1) is 0 Å². The van der Waals surface area contributed by atoms with Crippen LogP contribution in [0.2, 0.25) is 0 Å². The summed E-state index contributed by atoms with van der Waals surface area (Å²) < 4.78 is 0. The van der Waals surface area contributed by atoms with Crippen LogP contribution in [0.5, 0.6) is 0 Å². The van der Waals surface area contributed by atoms with Crippen LogP contribution >= 0.6 is 0 Å². The van der Waals surface area contributed by atoms with Gasteiger partial charge in [-0.25, -0.2) is 0 Å². The van der Waals surface area contributed by atoms with E-state index in [4.69, 9.17) is 0 Å². The van der Waals surface area contributed by atoms with E-state index >= 15 is 0 Å². The van der Waals surface area contributed by atoms with Crippen LogP contribution in [0.15, 0.2) is 24.3 Å². The minimum Gasteiger partial charge on any atom is -0.342 e. The van der Waals surface area contributed by atoms with E-state index < -0.39 is 0 Å². The van der Waals surface area contributed by atoms with Crippen LogP contribution in [0.25, 0.3) is 0 Å². The van der Waals surface area contributed by atoms with Gasteiger partial charge < -0.3 is 5.32 Å². The Morgan fingerprint density at radius 3 is 2.82 bits per heavy atom. The fraction of sp³-hybridized carbons (Fsp3) is 0.400. The Morgan fingerprint density at radius 2 is 1.91 bits per heavy atom. The number of quaternary nitrogens is 1. The smallest absolute Gasteiger partial charge is 0.102 e. The Hall–Kier alpha value is -0.820. The molecule has 0 saturated carbocycles. The lowest BCUT2D eigenvalue weighted by Crippen LogP contribution is -2.82. The van der Waals surface area contributed by atoms with Crippen molar-refractivity contribution in [3.63, 3.8) is 0 Å². The van der Waals surface area contributed by atoms with E-state index in [9.17, 15) is 0 Å². The van der Waals surface area contributed by atoms with Gasteiger partial charge in [0, 0.05) is 12.0 Å². The van der Waals surface area contributed by atoms with Gasteiger partial charge in [0.1, 0.15) is 6.54 Å². The molecule has 0 aromatic heterocycles. The van der Waals surface area contributed by atoms with Gasteiger partial charge >= 0.3 is 0 Å². The van der Waals surface area contributed by atoms with Crippen molar-refractivity contribution in [2.24, 2.45) is 0 Å². The summed E-state index contributed by atoms with van der Waals surface area (Å²) >= 11 is 0. The first-order valence-electron chi connectivity index (χ1n) is 4.35. The third kappa shape index (κ3) is 1.43. The van der Waals surface area contributed by atoms with Gasteiger partial charge in [0.2, 0.25) is 0 Å². The highest BCUT2D eigenvalue weighted by atomic mass is 14.8. The van der Waals surface area contributed by atoms with Crippen molar-refractivity contribution in [3.8, 4) is 0 Å². The summed E-state index contributed by atoms with van der Waals surface area (Å²) in [6.45, 7) is 2.46. The number of benzene rings is 1. The van der Waals surface area contributed by atoms with Crippen molar-refractivity contribution in [2.75, 3.05) is 6.54 Å². The summed E-state index contributed by atoms with van der Waals surface area (Å²) in [4.78, 5) is 0. The van der Waals surface area contributed by atoms with Crippen LogP contribution in [-0.2, 0) is 13.0 Å². The molecule has 0 aliphatic carbocycles. The number of fused-ring (bicyclic) bond motifs is 1. The predicted octanol–water partition coefficient (Wildman–Crippen LogP) is 0.696. The average Bonchev–Trinajstić information content (AvgIpc) is 2.28. The molecular formula is C10H14N+. The van der Waals surface area contributed by atoms with Gasteiger partial charge in [-0.05, 0) is 12.0 Å². The van der Waals surface area contributed by atoms with E-state index in [2.05, 4.69) is 29.6 Å². The standard InChI is InChI=1S/C10H13N/c1-2-5-10-8-11-7-3-6-9(10)4-1/h1-2,4-5,11H,3,6-8H2/p+1. The zero-order valence-electron chi connectivity index (χ0n) is 6.72. The zero-order valence-corrected chi connectivity index (χ0v) is 6.72.